The van der Waals surface area contributed by atoms with Gasteiger partial charge in [0, 0.05) is 35.1 Å². The van der Waals surface area contributed by atoms with E-state index in [0.717, 1.165) is 22.0 Å². The van der Waals surface area contributed by atoms with Gasteiger partial charge >= 0.3 is 0 Å². The SMILES string of the molecule is Oc1cccc(C(c2c[nH]c3ccc(F)cc23)n2ccnc2)c1. The molecule has 114 valence electrons. The number of imidazole rings is 1. The molecule has 0 saturated heterocycles. The first-order valence-electron chi connectivity index (χ1n) is 7.25. The number of phenolic OH excluding ortho intramolecular Hbond substituents is 1. The zero-order chi connectivity index (χ0) is 15.8. The summed E-state index contributed by atoms with van der Waals surface area (Å²) in [6, 6.07) is 11.5. The lowest BCUT2D eigenvalue weighted by Crippen LogP contribution is -2.10. The van der Waals surface area contributed by atoms with Gasteiger partial charge in [0.25, 0.3) is 0 Å². The first-order valence-corrected chi connectivity index (χ1v) is 7.25. The molecule has 0 amide bonds. The van der Waals surface area contributed by atoms with E-state index in [9.17, 15) is 9.50 Å². The van der Waals surface area contributed by atoms with Gasteiger partial charge in [-0.1, -0.05) is 12.1 Å². The van der Waals surface area contributed by atoms with Gasteiger partial charge in [-0.25, -0.2) is 9.37 Å². The van der Waals surface area contributed by atoms with Crippen LogP contribution in [0.1, 0.15) is 17.2 Å². The Bertz CT molecular complexity index is 959. The average Bonchev–Trinajstić information content (AvgIpc) is 3.19. The minimum atomic E-state index is -0.279. The molecule has 4 aromatic rings. The fraction of sp³-hybridized carbons (Fsp3) is 0.0556. The Labute approximate surface area is 131 Å². The largest absolute Gasteiger partial charge is 0.508 e. The normalized spacial score (nSPS) is 12.6. The highest BCUT2D eigenvalue weighted by atomic mass is 19.1. The third-order valence-corrected chi connectivity index (χ3v) is 3.98. The minimum Gasteiger partial charge on any atom is -0.508 e. The molecule has 1 unspecified atom stereocenters. The lowest BCUT2D eigenvalue weighted by Gasteiger charge is -2.19. The van der Waals surface area contributed by atoms with Crippen molar-refractivity contribution in [1.82, 2.24) is 14.5 Å². The summed E-state index contributed by atoms with van der Waals surface area (Å²) < 4.78 is 15.6. The van der Waals surface area contributed by atoms with Crippen LogP contribution >= 0.6 is 0 Å². The number of halogens is 1. The van der Waals surface area contributed by atoms with Crippen LogP contribution in [0.3, 0.4) is 0 Å². The highest BCUT2D eigenvalue weighted by Gasteiger charge is 2.20. The van der Waals surface area contributed by atoms with Crippen LogP contribution in [0.15, 0.2) is 67.4 Å². The number of fused-ring (bicyclic) bond motifs is 1. The van der Waals surface area contributed by atoms with Crippen LogP contribution in [0.4, 0.5) is 4.39 Å². The maximum Gasteiger partial charge on any atom is 0.123 e. The van der Waals surface area contributed by atoms with Gasteiger partial charge in [0.05, 0.1) is 12.4 Å². The first kappa shape index (κ1) is 13.6. The van der Waals surface area contributed by atoms with E-state index in [-0.39, 0.29) is 17.6 Å². The van der Waals surface area contributed by atoms with Gasteiger partial charge in [-0.2, -0.15) is 0 Å². The molecule has 4 rings (SSSR count). The summed E-state index contributed by atoms with van der Waals surface area (Å²) in [7, 11) is 0. The van der Waals surface area contributed by atoms with E-state index in [2.05, 4.69) is 9.97 Å². The second-order valence-corrected chi connectivity index (χ2v) is 5.44. The highest BCUT2D eigenvalue weighted by molar-refractivity contribution is 5.84. The average molecular weight is 307 g/mol. The number of hydrogen-bond acceptors (Lipinski definition) is 2. The van der Waals surface area contributed by atoms with E-state index in [1.165, 1.54) is 12.1 Å². The van der Waals surface area contributed by atoms with Crippen LogP contribution in [-0.2, 0) is 0 Å². The molecule has 4 nitrogen and oxygen atoms in total. The fourth-order valence-corrected chi connectivity index (χ4v) is 2.97. The molecular weight excluding hydrogens is 293 g/mol. The number of aromatic hydroxyl groups is 1. The third-order valence-electron chi connectivity index (χ3n) is 3.98. The summed E-state index contributed by atoms with van der Waals surface area (Å²) in [5, 5.41) is 10.6. The summed E-state index contributed by atoms with van der Waals surface area (Å²) in [4.78, 5) is 7.29. The first-order chi connectivity index (χ1) is 11.2. The quantitative estimate of drug-likeness (QED) is 0.604. The van der Waals surface area contributed by atoms with Crippen LogP contribution in [0.2, 0.25) is 0 Å². The molecule has 23 heavy (non-hydrogen) atoms. The molecule has 0 spiro atoms. The summed E-state index contributed by atoms with van der Waals surface area (Å²) in [5.41, 5.74) is 2.68. The third kappa shape index (κ3) is 2.36. The lowest BCUT2D eigenvalue weighted by molar-refractivity contribution is 0.473. The van der Waals surface area contributed by atoms with Gasteiger partial charge < -0.3 is 14.7 Å². The number of nitrogens with one attached hydrogen (secondary N) is 1. The molecule has 2 aromatic carbocycles. The fourth-order valence-electron chi connectivity index (χ4n) is 2.97. The second-order valence-electron chi connectivity index (χ2n) is 5.44. The van der Waals surface area contributed by atoms with Crippen LogP contribution in [-0.4, -0.2) is 19.6 Å². The zero-order valence-corrected chi connectivity index (χ0v) is 12.1. The van der Waals surface area contributed by atoms with Crippen molar-refractivity contribution in [1.29, 1.82) is 0 Å². The number of phenols is 1. The van der Waals surface area contributed by atoms with Crippen molar-refractivity contribution in [2.75, 3.05) is 0 Å². The molecule has 0 aliphatic carbocycles. The van der Waals surface area contributed by atoms with Crippen molar-refractivity contribution < 1.29 is 9.50 Å². The standard InChI is InChI=1S/C18H14FN3O/c19-13-4-5-17-15(9-13)16(10-21-17)18(22-7-6-20-11-22)12-2-1-3-14(23)8-12/h1-11,18,21,23H. The van der Waals surface area contributed by atoms with Crippen molar-refractivity contribution in [2.24, 2.45) is 0 Å². The smallest absolute Gasteiger partial charge is 0.123 e. The summed E-state index contributed by atoms with van der Waals surface area (Å²) in [5.74, 6) is -0.0859. The van der Waals surface area contributed by atoms with E-state index in [1.54, 1.807) is 36.8 Å². The molecule has 1 atom stereocenters. The Balaban J connectivity index is 1.96. The molecule has 2 heterocycles. The summed E-state index contributed by atoms with van der Waals surface area (Å²) in [6.07, 6.45) is 7.14. The topological polar surface area (TPSA) is 53.8 Å². The Kier molecular flexibility index (Phi) is 3.12. The maximum absolute atomic E-state index is 13.7. The molecule has 2 aromatic heterocycles. The van der Waals surface area contributed by atoms with Gasteiger partial charge in [0.1, 0.15) is 11.6 Å². The summed E-state index contributed by atoms with van der Waals surface area (Å²) >= 11 is 0. The molecule has 0 saturated carbocycles. The van der Waals surface area contributed by atoms with Gasteiger partial charge in [-0.05, 0) is 35.9 Å². The van der Waals surface area contributed by atoms with Gasteiger partial charge in [-0.3, -0.25) is 0 Å². The molecule has 0 radical (unpaired) electrons. The number of aromatic nitrogens is 3. The number of rotatable bonds is 3. The van der Waals surface area contributed by atoms with Crippen LogP contribution < -0.4 is 0 Å². The number of benzene rings is 2. The van der Waals surface area contributed by atoms with E-state index >= 15 is 0 Å². The Morgan fingerprint density at radius 2 is 2.09 bits per heavy atom. The number of H-pyrrole nitrogens is 1. The Morgan fingerprint density at radius 1 is 1.17 bits per heavy atom. The van der Waals surface area contributed by atoms with Crippen LogP contribution in [0.25, 0.3) is 10.9 Å². The zero-order valence-electron chi connectivity index (χ0n) is 12.1. The van der Waals surface area contributed by atoms with Crippen molar-refractivity contribution in [2.45, 2.75) is 6.04 Å². The van der Waals surface area contributed by atoms with E-state index in [0.29, 0.717) is 0 Å². The molecule has 0 bridgehead atoms. The molecular formula is C18H14FN3O. The number of hydrogen-bond donors (Lipinski definition) is 2. The minimum absolute atomic E-state index is 0.193. The Morgan fingerprint density at radius 3 is 2.87 bits per heavy atom. The number of aromatic amines is 1. The second kappa shape index (κ2) is 5.28. The predicted molar refractivity (Wildman–Crippen MR) is 85.8 cm³/mol. The summed E-state index contributed by atoms with van der Waals surface area (Å²) in [6.45, 7) is 0. The van der Waals surface area contributed by atoms with Crippen LogP contribution in [0.5, 0.6) is 5.75 Å². The number of nitrogens with zero attached hydrogens (tertiary/aromatic N) is 2. The monoisotopic (exact) mass is 307 g/mol. The van der Waals surface area contributed by atoms with E-state index < -0.39 is 0 Å². The van der Waals surface area contributed by atoms with Gasteiger partial charge in [-0.15, -0.1) is 0 Å². The van der Waals surface area contributed by atoms with Crippen LogP contribution in [0, 0.1) is 5.82 Å². The van der Waals surface area contributed by atoms with Crippen molar-refractivity contribution in [3.63, 3.8) is 0 Å². The van der Waals surface area contributed by atoms with Crippen molar-refractivity contribution in [3.8, 4) is 5.75 Å². The van der Waals surface area contributed by atoms with Crippen molar-refractivity contribution >= 4 is 10.9 Å². The molecule has 0 fully saturated rings. The molecule has 0 aliphatic heterocycles. The molecule has 5 heteroatoms. The Hall–Kier alpha value is -3.08. The van der Waals surface area contributed by atoms with Crippen molar-refractivity contribution in [3.05, 3.63) is 84.3 Å². The highest BCUT2D eigenvalue weighted by Crippen LogP contribution is 2.33. The maximum atomic E-state index is 13.7. The van der Waals surface area contributed by atoms with Gasteiger partial charge in [0.2, 0.25) is 0 Å². The molecule has 0 aliphatic rings. The van der Waals surface area contributed by atoms with Gasteiger partial charge in [0.15, 0.2) is 0 Å². The van der Waals surface area contributed by atoms with E-state index in [1.807, 2.05) is 23.0 Å². The van der Waals surface area contributed by atoms with E-state index in [4.69, 9.17) is 0 Å². The predicted octanol–water partition coefficient (Wildman–Crippen LogP) is 3.85. The lowest BCUT2D eigenvalue weighted by atomic mass is 9.97. The molecule has 2 N–H and O–H groups in total.